The summed E-state index contributed by atoms with van der Waals surface area (Å²) in [6.07, 6.45) is -0.326. The molecule has 0 heterocycles. The van der Waals surface area contributed by atoms with Gasteiger partial charge < -0.3 is 4.74 Å². The van der Waals surface area contributed by atoms with Crippen molar-refractivity contribution in [2.75, 3.05) is 6.35 Å². The van der Waals surface area contributed by atoms with Crippen LogP contribution >= 0.6 is 42.8 Å². The number of rotatable bonds is 3. The van der Waals surface area contributed by atoms with Crippen molar-refractivity contribution in [3.05, 3.63) is 27.2 Å². The van der Waals surface area contributed by atoms with Crippen molar-refractivity contribution in [2.45, 2.75) is 0 Å². The van der Waals surface area contributed by atoms with Gasteiger partial charge in [0.05, 0.1) is 15.1 Å². The molecule has 76 valence electrons. The molecule has 1 aromatic carbocycles. The van der Waals surface area contributed by atoms with Gasteiger partial charge in [0, 0.05) is 6.07 Å². The molecule has 1 rings (SSSR count). The van der Waals surface area contributed by atoms with Crippen LogP contribution in [0.5, 0.6) is 5.75 Å². The number of hydrogen-bond donors (Lipinski definition) is 1. The monoisotopic (exact) mass is 273 g/mol. The molecule has 0 aliphatic heterocycles. The quantitative estimate of drug-likeness (QED) is 0.675. The third-order valence-corrected chi connectivity index (χ3v) is 2.67. The van der Waals surface area contributed by atoms with Crippen LogP contribution in [-0.4, -0.2) is 11.2 Å². The maximum Gasteiger partial charge on any atom is 0.547 e. The van der Waals surface area contributed by atoms with Crippen molar-refractivity contribution in [3.8, 4) is 5.75 Å². The minimum absolute atomic E-state index is 0.235. The van der Waals surface area contributed by atoms with Crippen molar-refractivity contribution in [2.24, 2.45) is 0 Å². The molecule has 1 unspecified atom stereocenters. The Morgan fingerprint density at radius 3 is 2.36 bits per heavy atom. The largest absolute Gasteiger partial charge is 0.547 e. The molecule has 7 heteroatoms. The van der Waals surface area contributed by atoms with Crippen LogP contribution in [0.25, 0.3) is 0 Å². The van der Waals surface area contributed by atoms with Crippen molar-refractivity contribution < 1.29 is 14.2 Å². The Balaban J connectivity index is 2.87. The van der Waals surface area contributed by atoms with Crippen LogP contribution in [0.3, 0.4) is 0 Å². The van der Waals surface area contributed by atoms with Gasteiger partial charge >= 0.3 is 14.4 Å². The topological polar surface area (TPSA) is 46.5 Å². The zero-order valence-electron chi connectivity index (χ0n) is 6.71. The van der Waals surface area contributed by atoms with Crippen LogP contribution in [-0.2, 0) is 4.57 Å². The first-order chi connectivity index (χ1) is 6.50. The van der Waals surface area contributed by atoms with Gasteiger partial charge in [-0.1, -0.05) is 34.8 Å². The average molecular weight is 274 g/mol. The van der Waals surface area contributed by atoms with Gasteiger partial charge in [-0.3, -0.25) is 0 Å². The molecule has 0 bridgehead atoms. The highest BCUT2D eigenvalue weighted by molar-refractivity contribution is 7.37. The van der Waals surface area contributed by atoms with Gasteiger partial charge in [0.2, 0.25) is 0 Å². The summed E-state index contributed by atoms with van der Waals surface area (Å²) < 4.78 is 15.3. The van der Waals surface area contributed by atoms with Crippen molar-refractivity contribution in [1.82, 2.24) is 0 Å². The minimum Gasteiger partial charge on any atom is -0.445 e. The Labute approximate surface area is 96.4 Å². The highest BCUT2D eigenvalue weighted by Crippen LogP contribution is 2.34. The van der Waals surface area contributed by atoms with E-state index in [0.717, 1.165) is 0 Å². The third kappa shape index (κ3) is 3.26. The number of benzene rings is 1. The lowest BCUT2D eigenvalue weighted by atomic mass is 10.3. The first kappa shape index (κ1) is 12.0. The second kappa shape index (κ2) is 5.15. The molecule has 1 N–H and O–H groups in total. The first-order valence-electron chi connectivity index (χ1n) is 3.41. The second-order valence-corrected chi connectivity index (χ2v) is 4.51. The van der Waals surface area contributed by atoms with E-state index in [-0.39, 0.29) is 22.1 Å². The molecule has 0 saturated heterocycles. The Kier molecular flexibility index (Phi) is 4.42. The van der Waals surface area contributed by atoms with Crippen molar-refractivity contribution in [1.29, 1.82) is 0 Å². The van der Waals surface area contributed by atoms with E-state index in [4.69, 9.17) is 44.4 Å². The average Bonchev–Trinajstić information content (AvgIpc) is 2.09. The van der Waals surface area contributed by atoms with Gasteiger partial charge in [0.1, 0.15) is 5.75 Å². The van der Waals surface area contributed by atoms with Crippen LogP contribution in [0.15, 0.2) is 12.1 Å². The van der Waals surface area contributed by atoms with Gasteiger partial charge in [0.25, 0.3) is 0 Å². The van der Waals surface area contributed by atoms with Gasteiger partial charge in [-0.2, -0.15) is 4.89 Å². The van der Waals surface area contributed by atoms with Gasteiger partial charge in [0.15, 0.2) is 0 Å². The van der Waals surface area contributed by atoms with Crippen LogP contribution < -0.4 is 4.74 Å². The molecule has 14 heavy (non-hydrogen) atoms. The molecular weight excluding hydrogens is 269 g/mol. The molecule has 0 amide bonds. The number of halogens is 3. The molecular formula is C7H5Cl3O3P+. The fraction of sp³-hybridized carbons (Fsp3) is 0.143. The Hall–Kier alpha value is -0.0500. The summed E-state index contributed by atoms with van der Waals surface area (Å²) in [5.41, 5.74) is 0. The third-order valence-electron chi connectivity index (χ3n) is 1.31. The summed E-state index contributed by atoms with van der Waals surface area (Å²) in [5, 5.41) is 0.827. The molecule has 1 aromatic rings. The minimum atomic E-state index is -2.36. The maximum absolute atomic E-state index is 10.4. The molecule has 3 nitrogen and oxygen atoms in total. The summed E-state index contributed by atoms with van der Waals surface area (Å²) in [6.45, 7) is 0. The lowest BCUT2D eigenvalue weighted by molar-refractivity contribution is 0.361. The SMILES string of the molecule is O=[P+](O)COc1cc(Cl)c(Cl)cc1Cl. The van der Waals surface area contributed by atoms with E-state index in [1.807, 2.05) is 0 Å². The standard InChI is InChI=1S/C7H4Cl3O3P/c8-4-1-6(10)7(2-5(4)9)13-3-14(11)12/h1-2H,3H2/p+1. The van der Waals surface area contributed by atoms with Gasteiger partial charge in [-0.15, -0.1) is 0 Å². The van der Waals surface area contributed by atoms with Crippen LogP contribution in [0, 0.1) is 0 Å². The molecule has 1 atom stereocenters. The van der Waals surface area contributed by atoms with Crippen LogP contribution in [0.2, 0.25) is 15.1 Å². The van der Waals surface area contributed by atoms with Gasteiger partial charge in [-0.05, 0) is 10.6 Å². The molecule has 0 aliphatic carbocycles. The predicted octanol–water partition coefficient (Wildman–Crippen LogP) is 3.72. The fourth-order valence-corrected chi connectivity index (χ4v) is 1.58. The molecule has 0 radical (unpaired) electrons. The highest BCUT2D eigenvalue weighted by atomic mass is 35.5. The normalized spacial score (nSPS) is 11.3. The lowest BCUT2D eigenvalue weighted by Crippen LogP contribution is -1.92. The maximum atomic E-state index is 10.4. The molecule has 0 aliphatic rings. The van der Waals surface area contributed by atoms with Crippen LogP contribution in [0.4, 0.5) is 0 Å². The Morgan fingerprint density at radius 2 is 1.79 bits per heavy atom. The fourth-order valence-electron chi connectivity index (χ4n) is 0.740. The smallest absolute Gasteiger partial charge is 0.445 e. The Morgan fingerprint density at radius 1 is 1.21 bits per heavy atom. The molecule has 0 saturated carbocycles. The van der Waals surface area contributed by atoms with E-state index in [9.17, 15) is 4.57 Å². The number of ether oxygens (including phenoxy) is 1. The summed E-state index contributed by atoms with van der Waals surface area (Å²) in [7, 11) is -2.36. The van der Waals surface area contributed by atoms with E-state index in [0.29, 0.717) is 5.02 Å². The second-order valence-electron chi connectivity index (χ2n) is 2.32. The van der Waals surface area contributed by atoms with Gasteiger partial charge in [-0.25, -0.2) is 0 Å². The number of hydrogen-bond acceptors (Lipinski definition) is 2. The summed E-state index contributed by atoms with van der Waals surface area (Å²) in [5.74, 6) is 0.235. The summed E-state index contributed by atoms with van der Waals surface area (Å²) in [4.78, 5) is 8.51. The van der Waals surface area contributed by atoms with E-state index in [1.54, 1.807) is 0 Å². The highest BCUT2D eigenvalue weighted by Gasteiger charge is 2.14. The Bertz CT molecular complexity index is 369. The van der Waals surface area contributed by atoms with E-state index in [2.05, 4.69) is 0 Å². The van der Waals surface area contributed by atoms with E-state index in [1.165, 1.54) is 12.1 Å². The molecule has 0 spiro atoms. The first-order valence-corrected chi connectivity index (χ1v) is 5.94. The molecule has 0 fully saturated rings. The molecule has 0 aromatic heterocycles. The van der Waals surface area contributed by atoms with E-state index < -0.39 is 8.03 Å². The van der Waals surface area contributed by atoms with Crippen molar-refractivity contribution >= 4 is 42.8 Å². The van der Waals surface area contributed by atoms with E-state index >= 15 is 0 Å². The van der Waals surface area contributed by atoms with Crippen molar-refractivity contribution in [3.63, 3.8) is 0 Å². The summed E-state index contributed by atoms with van der Waals surface area (Å²) in [6, 6.07) is 2.80. The lowest BCUT2D eigenvalue weighted by Gasteiger charge is -2.03. The van der Waals surface area contributed by atoms with Crippen LogP contribution in [0.1, 0.15) is 0 Å². The zero-order chi connectivity index (χ0) is 10.7. The zero-order valence-corrected chi connectivity index (χ0v) is 9.87. The predicted molar refractivity (Wildman–Crippen MR) is 56.8 cm³/mol. The summed E-state index contributed by atoms with van der Waals surface area (Å²) >= 11 is 17.1.